The number of nitrogens with zero attached hydrogens (tertiary/aromatic N) is 4. The molecular formula is C24H18N4O. The van der Waals surface area contributed by atoms with Gasteiger partial charge in [0.2, 0.25) is 0 Å². The number of ketones is 1. The molecule has 0 saturated carbocycles. The minimum absolute atomic E-state index is 0.0385. The quantitative estimate of drug-likeness (QED) is 0.408. The minimum Gasteiger partial charge on any atom is -0.295 e. The fourth-order valence-electron chi connectivity index (χ4n) is 3.44. The number of Topliss-reactive ketones (excluding diaryl/α,β-unsaturated/α-hetero) is 1. The Morgan fingerprint density at radius 3 is 2.10 bits per heavy atom. The molecule has 0 bridgehead atoms. The zero-order valence-corrected chi connectivity index (χ0v) is 16.1. The van der Waals surface area contributed by atoms with Crippen LogP contribution in [0, 0.1) is 6.92 Å². The SMILES string of the molecule is CC(=O)c1ccc(-n2c(-c3ccc(C)cc3)nc3nc4ccccc4nc32)cc1. The summed E-state index contributed by atoms with van der Waals surface area (Å²) in [5.74, 6) is 0.808. The predicted molar refractivity (Wildman–Crippen MR) is 114 cm³/mol. The average molecular weight is 378 g/mol. The first kappa shape index (κ1) is 17.3. The maximum Gasteiger partial charge on any atom is 0.199 e. The summed E-state index contributed by atoms with van der Waals surface area (Å²) in [7, 11) is 0. The lowest BCUT2D eigenvalue weighted by Gasteiger charge is -2.10. The molecule has 0 amide bonds. The van der Waals surface area contributed by atoms with Gasteiger partial charge in [-0.05, 0) is 50.2 Å². The fraction of sp³-hybridized carbons (Fsp3) is 0.0833. The summed E-state index contributed by atoms with van der Waals surface area (Å²) in [4.78, 5) is 26.1. The molecule has 140 valence electrons. The van der Waals surface area contributed by atoms with E-state index in [-0.39, 0.29) is 5.78 Å². The highest BCUT2D eigenvalue weighted by molar-refractivity contribution is 5.94. The topological polar surface area (TPSA) is 60.7 Å². The fourth-order valence-corrected chi connectivity index (χ4v) is 3.44. The normalized spacial score (nSPS) is 11.2. The van der Waals surface area contributed by atoms with E-state index >= 15 is 0 Å². The summed E-state index contributed by atoms with van der Waals surface area (Å²) in [6.45, 7) is 3.63. The van der Waals surface area contributed by atoms with Crippen molar-refractivity contribution in [3.05, 3.63) is 83.9 Å². The van der Waals surface area contributed by atoms with Gasteiger partial charge >= 0.3 is 0 Å². The molecule has 29 heavy (non-hydrogen) atoms. The van der Waals surface area contributed by atoms with Crippen LogP contribution in [0.1, 0.15) is 22.8 Å². The summed E-state index contributed by atoms with van der Waals surface area (Å²) in [6, 6.07) is 23.5. The molecule has 0 spiro atoms. The molecule has 0 aliphatic heterocycles. The Morgan fingerprint density at radius 2 is 1.45 bits per heavy atom. The van der Waals surface area contributed by atoms with Crippen molar-refractivity contribution in [3.63, 3.8) is 0 Å². The predicted octanol–water partition coefficient (Wildman–Crippen LogP) is 5.15. The van der Waals surface area contributed by atoms with Crippen molar-refractivity contribution in [2.45, 2.75) is 13.8 Å². The maximum atomic E-state index is 11.7. The number of aromatic nitrogens is 4. The number of benzene rings is 3. The molecule has 0 radical (unpaired) electrons. The number of para-hydroxylation sites is 2. The Balaban J connectivity index is 1.82. The summed E-state index contributed by atoms with van der Waals surface area (Å²) in [5, 5.41) is 0. The monoisotopic (exact) mass is 378 g/mol. The van der Waals surface area contributed by atoms with E-state index in [1.807, 2.05) is 53.1 Å². The molecule has 2 heterocycles. The molecular weight excluding hydrogens is 360 g/mol. The first-order chi connectivity index (χ1) is 14.1. The van der Waals surface area contributed by atoms with Crippen molar-refractivity contribution < 1.29 is 4.79 Å². The van der Waals surface area contributed by atoms with Crippen LogP contribution in [-0.4, -0.2) is 25.3 Å². The Hall–Kier alpha value is -3.86. The number of carbonyl (C=O) groups is 1. The van der Waals surface area contributed by atoms with E-state index in [9.17, 15) is 4.79 Å². The molecule has 0 saturated heterocycles. The van der Waals surface area contributed by atoms with E-state index in [0.717, 1.165) is 28.1 Å². The molecule has 0 unspecified atom stereocenters. The van der Waals surface area contributed by atoms with Crippen molar-refractivity contribution >= 4 is 28.1 Å². The Morgan fingerprint density at radius 1 is 0.793 bits per heavy atom. The number of imidazole rings is 1. The summed E-state index contributed by atoms with van der Waals surface area (Å²) in [6.07, 6.45) is 0. The lowest BCUT2D eigenvalue weighted by atomic mass is 10.1. The highest BCUT2D eigenvalue weighted by Crippen LogP contribution is 2.28. The number of fused-ring (bicyclic) bond motifs is 2. The molecule has 0 fully saturated rings. The first-order valence-corrected chi connectivity index (χ1v) is 9.44. The van der Waals surface area contributed by atoms with Crippen LogP contribution < -0.4 is 0 Å². The molecule has 5 nitrogen and oxygen atoms in total. The van der Waals surface area contributed by atoms with Crippen LogP contribution >= 0.6 is 0 Å². The zero-order valence-electron chi connectivity index (χ0n) is 16.1. The van der Waals surface area contributed by atoms with Gasteiger partial charge in [0.1, 0.15) is 5.82 Å². The molecule has 0 N–H and O–H groups in total. The van der Waals surface area contributed by atoms with Crippen molar-refractivity contribution in [2.24, 2.45) is 0 Å². The number of aryl methyl sites for hydroxylation is 1. The largest absolute Gasteiger partial charge is 0.295 e. The van der Waals surface area contributed by atoms with Crippen molar-refractivity contribution in [1.82, 2.24) is 19.5 Å². The summed E-state index contributed by atoms with van der Waals surface area (Å²) in [5.41, 5.74) is 6.64. The van der Waals surface area contributed by atoms with E-state index in [4.69, 9.17) is 15.0 Å². The second kappa shape index (κ2) is 6.63. The number of hydrogen-bond donors (Lipinski definition) is 0. The lowest BCUT2D eigenvalue weighted by molar-refractivity contribution is 0.101. The third-order valence-corrected chi connectivity index (χ3v) is 5.01. The Kier molecular flexibility index (Phi) is 3.95. The van der Waals surface area contributed by atoms with Crippen LogP contribution in [0.5, 0.6) is 0 Å². The van der Waals surface area contributed by atoms with E-state index in [1.165, 1.54) is 5.56 Å². The van der Waals surface area contributed by atoms with E-state index < -0.39 is 0 Å². The molecule has 5 aromatic rings. The zero-order chi connectivity index (χ0) is 20.0. The third kappa shape index (κ3) is 2.97. The Bertz CT molecular complexity index is 1370. The van der Waals surface area contributed by atoms with E-state index in [0.29, 0.717) is 16.9 Å². The number of hydrogen-bond acceptors (Lipinski definition) is 4. The second-order valence-corrected chi connectivity index (χ2v) is 7.10. The molecule has 2 aromatic heterocycles. The number of carbonyl (C=O) groups excluding carboxylic acids is 1. The molecule has 0 atom stereocenters. The standard InChI is InChI=1S/C24H18N4O/c1-15-7-9-18(10-8-15)23-27-22-24(26-21-6-4-3-5-20(21)25-22)28(23)19-13-11-17(12-14-19)16(2)29/h3-14H,1-2H3. The van der Waals surface area contributed by atoms with E-state index in [1.54, 1.807) is 6.92 Å². The van der Waals surface area contributed by atoms with Gasteiger partial charge < -0.3 is 0 Å². The van der Waals surface area contributed by atoms with Gasteiger partial charge in [0, 0.05) is 16.8 Å². The average Bonchev–Trinajstić information content (AvgIpc) is 3.10. The van der Waals surface area contributed by atoms with Crippen LogP contribution in [0.25, 0.3) is 39.4 Å². The van der Waals surface area contributed by atoms with Gasteiger partial charge in [0.25, 0.3) is 0 Å². The molecule has 3 aromatic carbocycles. The lowest BCUT2D eigenvalue weighted by Crippen LogP contribution is -2.00. The van der Waals surface area contributed by atoms with E-state index in [2.05, 4.69) is 31.2 Å². The van der Waals surface area contributed by atoms with Crippen LogP contribution in [0.2, 0.25) is 0 Å². The third-order valence-electron chi connectivity index (χ3n) is 5.01. The van der Waals surface area contributed by atoms with Crippen molar-refractivity contribution in [2.75, 3.05) is 0 Å². The van der Waals surface area contributed by atoms with Crippen LogP contribution in [-0.2, 0) is 0 Å². The highest BCUT2D eigenvalue weighted by atomic mass is 16.1. The Labute approximate surface area is 167 Å². The summed E-state index contributed by atoms with van der Waals surface area (Å²) < 4.78 is 2.00. The van der Waals surface area contributed by atoms with Crippen molar-refractivity contribution in [3.8, 4) is 17.1 Å². The maximum absolute atomic E-state index is 11.7. The van der Waals surface area contributed by atoms with Gasteiger partial charge in [0.05, 0.1) is 11.0 Å². The van der Waals surface area contributed by atoms with Gasteiger partial charge in [-0.25, -0.2) is 15.0 Å². The smallest absolute Gasteiger partial charge is 0.199 e. The van der Waals surface area contributed by atoms with Gasteiger partial charge in [-0.2, -0.15) is 0 Å². The van der Waals surface area contributed by atoms with Gasteiger partial charge in [-0.15, -0.1) is 0 Å². The first-order valence-electron chi connectivity index (χ1n) is 9.44. The highest BCUT2D eigenvalue weighted by Gasteiger charge is 2.17. The van der Waals surface area contributed by atoms with Gasteiger partial charge in [-0.3, -0.25) is 9.36 Å². The van der Waals surface area contributed by atoms with Crippen LogP contribution in [0.3, 0.4) is 0 Å². The van der Waals surface area contributed by atoms with Crippen LogP contribution in [0.15, 0.2) is 72.8 Å². The summed E-state index contributed by atoms with van der Waals surface area (Å²) >= 11 is 0. The molecule has 5 heteroatoms. The van der Waals surface area contributed by atoms with Crippen molar-refractivity contribution in [1.29, 1.82) is 0 Å². The van der Waals surface area contributed by atoms with Gasteiger partial charge in [-0.1, -0.05) is 42.0 Å². The molecule has 0 aliphatic carbocycles. The minimum atomic E-state index is 0.0385. The molecule has 5 rings (SSSR count). The van der Waals surface area contributed by atoms with Gasteiger partial charge in [0.15, 0.2) is 17.1 Å². The number of rotatable bonds is 3. The van der Waals surface area contributed by atoms with Crippen LogP contribution in [0.4, 0.5) is 0 Å². The second-order valence-electron chi connectivity index (χ2n) is 7.10. The molecule has 0 aliphatic rings.